The van der Waals surface area contributed by atoms with Gasteiger partial charge in [0, 0.05) is 12.3 Å². The second-order valence-electron chi connectivity index (χ2n) is 3.18. The van der Waals surface area contributed by atoms with Crippen molar-refractivity contribution < 1.29 is 8.78 Å². The number of anilines is 1. The van der Waals surface area contributed by atoms with E-state index in [0.29, 0.717) is 5.56 Å². The first-order valence-corrected chi connectivity index (χ1v) is 5.77. The summed E-state index contributed by atoms with van der Waals surface area (Å²) in [5.41, 5.74) is 0.508. The average Bonchev–Trinajstić information content (AvgIpc) is 2.22. The molecule has 1 aromatic carbocycles. The minimum atomic E-state index is -0.568. The van der Waals surface area contributed by atoms with Crippen molar-refractivity contribution >= 4 is 17.6 Å². The highest BCUT2D eigenvalue weighted by molar-refractivity contribution is 7.99. The topological polar surface area (TPSA) is 24.1 Å². The van der Waals surface area contributed by atoms with Crippen LogP contribution >= 0.6 is 11.9 Å². The lowest BCUT2D eigenvalue weighted by Crippen LogP contribution is -2.13. The van der Waals surface area contributed by atoms with E-state index in [0.717, 1.165) is 11.9 Å². The summed E-state index contributed by atoms with van der Waals surface area (Å²) in [4.78, 5) is 0. The number of hydrogen-bond donors (Lipinski definition) is 2. The molecule has 0 saturated carbocycles. The van der Waals surface area contributed by atoms with E-state index < -0.39 is 11.6 Å². The molecule has 0 heterocycles. The van der Waals surface area contributed by atoms with Crippen LogP contribution in [-0.4, -0.2) is 13.3 Å². The summed E-state index contributed by atoms with van der Waals surface area (Å²) < 4.78 is 29.5. The fourth-order valence-electron chi connectivity index (χ4n) is 1.21. The molecule has 1 atom stereocenters. The lowest BCUT2D eigenvalue weighted by molar-refractivity contribution is 0.574. The van der Waals surface area contributed by atoms with Gasteiger partial charge in [0.15, 0.2) is 0 Å². The zero-order valence-electron chi connectivity index (χ0n) is 8.90. The molecule has 15 heavy (non-hydrogen) atoms. The summed E-state index contributed by atoms with van der Waals surface area (Å²) in [6.07, 6.45) is 1.71. The molecule has 0 fully saturated rings. The maximum Gasteiger partial charge on any atom is 0.150 e. The van der Waals surface area contributed by atoms with Gasteiger partial charge in [-0.05, 0) is 31.7 Å². The summed E-state index contributed by atoms with van der Waals surface area (Å²) in [6, 6.07) is 2.60. The van der Waals surface area contributed by atoms with E-state index in [1.54, 1.807) is 13.3 Å². The number of halogens is 2. The van der Waals surface area contributed by atoms with Crippen molar-refractivity contribution in [1.82, 2.24) is 5.32 Å². The molecule has 0 aliphatic heterocycles. The molecule has 2 nitrogen and oxygen atoms in total. The number of rotatable bonds is 4. The fraction of sp³-hybridized carbons (Fsp3) is 0.400. The summed E-state index contributed by atoms with van der Waals surface area (Å²) in [7, 11) is 1.74. The first-order chi connectivity index (χ1) is 7.10. The molecule has 1 rings (SSSR count). The van der Waals surface area contributed by atoms with Gasteiger partial charge in [-0.25, -0.2) is 8.78 Å². The molecule has 2 N–H and O–H groups in total. The van der Waals surface area contributed by atoms with Crippen LogP contribution in [0.25, 0.3) is 0 Å². The van der Waals surface area contributed by atoms with Crippen molar-refractivity contribution in [2.45, 2.75) is 13.0 Å². The van der Waals surface area contributed by atoms with Gasteiger partial charge in [0.25, 0.3) is 0 Å². The predicted octanol–water partition coefficient (Wildman–Crippen LogP) is 2.94. The third-order valence-electron chi connectivity index (χ3n) is 2.20. The van der Waals surface area contributed by atoms with Crippen molar-refractivity contribution in [3.8, 4) is 0 Å². The summed E-state index contributed by atoms with van der Waals surface area (Å²) in [6.45, 7) is 1.84. The van der Waals surface area contributed by atoms with E-state index in [1.807, 2.05) is 6.92 Å². The Morgan fingerprint density at radius 2 is 1.80 bits per heavy atom. The second kappa shape index (κ2) is 5.32. The van der Waals surface area contributed by atoms with Gasteiger partial charge in [-0.15, -0.1) is 0 Å². The molecule has 0 saturated heterocycles. The first kappa shape index (κ1) is 12.3. The van der Waals surface area contributed by atoms with Crippen molar-refractivity contribution in [1.29, 1.82) is 0 Å². The Bertz CT molecular complexity index is 321. The summed E-state index contributed by atoms with van der Waals surface area (Å²) in [5.74, 6) is -1.14. The van der Waals surface area contributed by atoms with Crippen molar-refractivity contribution in [2.24, 2.45) is 0 Å². The first-order valence-electron chi connectivity index (χ1n) is 4.55. The van der Waals surface area contributed by atoms with Crippen LogP contribution in [0.15, 0.2) is 12.1 Å². The molecule has 0 unspecified atom stereocenters. The molecule has 0 radical (unpaired) electrons. The van der Waals surface area contributed by atoms with Crippen molar-refractivity contribution in [2.75, 3.05) is 18.0 Å². The highest BCUT2D eigenvalue weighted by Crippen LogP contribution is 2.25. The molecule has 0 aliphatic rings. The zero-order valence-corrected chi connectivity index (χ0v) is 9.71. The fourth-order valence-corrected chi connectivity index (χ4v) is 1.61. The minimum Gasteiger partial charge on any atom is -0.325 e. The molecule has 0 aliphatic carbocycles. The average molecular weight is 232 g/mol. The molecule has 5 heteroatoms. The van der Waals surface area contributed by atoms with E-state index >= 15 is 0 Å². The molecule has 0 spiro atoms. The molecule has 0 bridgehead atoms. The maximum atomic E-state index is 13.5. The molecule has 0 amide bonds. The normalized spacial score (nSPS) is 12.6. The Kier molecular flexibility index (Phi) is 4.35. The Labute approximate surface area is 92.6 Å². The SMILES string of the molecule is CN[C@H](C)c1cc(F)c(NSC)c(F)c1. The quantitative estimate of drug-likeness (QED) is 0.780. The Morgan fingerprint density at radius 3 is 2.20 bits per heavy atom. The van der Waals surface area contributed by atoms with E-state index in [2.05, 4.69) is 10.0 Å². The van der Waals surface area contributed by atoms with Crippen LogP contribution < -0.4 is 10.0 Å². The van der Waals surface area contributed by atoms with E-state index in [1.165, 1.54) is 12.1 Å². The van der Waals surface area contributed by atoms with Crippen LogP contribution in [0.1, 0.15) is 18.5 Å². The smallest absolute Gasteiger partial charge is 0.150 e. The standard InChI is InChI=1S/C10H14F2N2S/c1-6(13-2)7-4-8(11)10(14-15-3)9(12)5-7/h4-6,13-14H,1-3H3/t6-/m1/s1. The van der Waals surface area contributed by atoms with Crippen LogP contribution in [0.2, 0.25) is 0 Å². The van der Waals surface area contributed by atoms with Crippen LogP contribution in [0, 0.1) is 11.6 Å². The van der Waals surface area contributed by atoms with Gasteiger partial charge >= 0.3 is 0 Å². The molecule has 1 aromatic rings. The van der Waals surface area contributed by atoms with Gasteiger partial charge < -0.3 is 10.0 Å². The van der Waals surface area contributed by atoms with Gasteiger partial charge in [0.1, 0.15) is 17.3 Å². The Hall–Kier alpha value is -0.810. The lowest BCUT2D eigenvalue weighted by atomic mass is 10.1. The van der Waals surface area contributed by atoms with Gasteiger partial charge in [0.2, 0.25) is 0 Å². The second-order valence-corrected chi connectivity index (χ2v) is 3.79. The Balaban J connectivity index is 3.07. The summed E-state index contributed by atoms with van der Waals surface area (Å²) in [5, 5.41) is 2.93. The van der Waals surface area contributed by atoms with E-state index in [4.69, 9.17) is 0 Å². The lowest BCUT2D eigenvalue weighted by Gasteiger charge is -2.13. The molecule has 0 aromatic heterocycles. The highest BCUT2D eigenvalue weighted by Gasteiger charge is 2.13. The van der Waals surface area contributed by atoms with Crippen LogP contribution in [0.3, 0.4) is 0 Å². The van der Waals surface area contributed by atoms with E-state index in [-0.39, 0.29) is 11.7 Å². The van der Waals surface area contributed by atoms with Crippen LogP contribution in [0.4, 0.5) is 14.5 Å². The monoisotopic (exact) mass is 232 g/mol. The third-order valence-corrected chi connectivity index (χ3v) is 2.61. The molecule has 84 valence electrons. The van der Waals surface area contributed by atoms with Gasteiger partial charge in [0.05, 0.1) is 0 Å². The third kappa shape index (κ3) is 2.82. The molecular formula is C10H14F2N2S. The highest BCUT2D eigenvalue weighted by atomic mass is 32.2. The van der Waals surface area contributed by atoms with Gasteiger partial charge in [-0.1, -0.05) is 11.9 Å². The zero-order chi connectivity index (χ0) is 11.4. The van der Waals surface area contributed by atoms with Gasteiger partial charge in [-0.3, -0.25) is 0 Å². The van der Waals surface area contributed by atoms with Gasteiger partial charge in [-0.2, -0.15) is 0 Å². The van der Waals surface area contributed by atoms with Crippen LogP contribution in [-0.2, 0) is 0 Å². The predicted molar refractivity (Wildman–Crippen MR) is 61.0 cm³/mol. The van der Waals surface area contributed by atoms with Crippen molar-refractivity contribution in [3.05, 3.63) is 29.3 Å². The Morgan fingerprint density at radius 1 is 1.27 bits per heavy atom. The number of benzene rings is 1. The largest absolute Gasteiger partial charge is 0.325 e. The van der Waals surface area contributed by atoms with Crippen molar-refractivity contribution in [3.63, 3.8) is 0 Å². The molecular weight excluding hydrogens is 218 g/mol. The van der Waals surface area contributed by atoms with Crippen LogP contribution in [0.5, 0.6) is 0 Å². The number of nitrogens with one attached hydrogen (secondary N) is 2. The summed E-state index contributed by atoms with van der Waals surface area (Å²) >= 11 is 1.16. The minimum absolute atomic E-state index is 0.0719. The van der Waals surface area contributed by atoms with E-state index in [9.17, 15) is 8.78 Å². The number of hydrogen-bond acceptors (Lipinski definition) is 3. The maximum absolute atomic E-state index is 13.5.